The Bertz CT molecular complexity index is 460. The lowest BCUT2D eigenvalue weighted by Gasteiger charge is -2.40. The molecule has 0 aromatic heterocycles. The van der Waals surface area contributed by atoms with Crippen LogP contribution in [0.2, 0.25) is 5.02 Å². The molecule has 0 bridgehead atoms. The van der Waals surface area contributed by atoms with E-state index in [1.54, 1.807) is 0 Å². The van der Waals surface area contributed by atoms with Gasteiger partial charge in [-0.25, -0.2) is 0 Å². The third-order valence-corrected chi connectivity index (χ3v) is 5.08. The molecule has 110 valence electrons. The normalized spacial score (nSPS) is 27.3. The summed E-state index contributed by atoms with van der Waals surface area (Å²) in [4.78, 5) is 2.69. The lowest BCUT2D eigenvalue weighted by Crippen LogP contribution is -2.46. The molecular formula is C17H24ClNO. The van der Waals surface area contributed by atoms with E-state index in [-0.39, 0.29) is 0 Å². The number of fused-ring (bicyclic) bond motifs is 1. The van der Waals surface area contributed by atoms with Crippen molar-refractivity contribution in [2.45, 2.75) is 38.1 Å². The predicted octanol–water partition coefficient (Wildman–Crippen LogP) is 3.56. The van der Waals surface area contributed by atoms with Crippen LogP contribution in [-0.2, 0) is 17.6 Å². The van der Waals surface area contributed by atoms with Crippen molar-refractivity contribution in [3.8, 4) is 0 Å². The molecule has 3 heteroatoms. The summed E-state index contributed by atoms with van der Waals surface area (Å²) in [5, 5.41) is 0.875. The minimum Gasteiger partial charge on any atom is -0.384 e. The largest absolute Gasteiger partial charge is 0.384 e. The third kappa shape index (κ3) is 3.19. The molecule has 2 unspecified atom stereocenters. The number of aryl methyl sites for hydroxylation is 1. The van der Waals surface area contributed by atoms with Crippen LogP contribution in [0.3, 0.4) is 0 Å². The van der Waals surface area contributed by atoms with Gasteiger partial charge < -0.3 is 4.74 Å². The molecule has 1 aromatic rings. The number of nitrogens with zero attached hydrogens (tertiary/aromatic N) is 1. The van der Waals surface area contributed by atoms with Gasteiger partial charge in [0.05, 0.1) is 6.61 Å². The molecule has 0 spiro atoms. The minimum atomic E-state index is 0.695. The summed E-state index contributed by atoms with van der Waals surface area (Å²) in [7, 11) is 1.82. The Hall–Kier alpha value is -0.570. The molecule has 0 amide bonds. The van der Waals surface area contributed by atoms with Gasteiger partial charge in [-0.1, -0.05) is 17.7 Å². The van der Waals surface area contributed by atoms with Crippen molar-refractivity contribution in [2.24, 2.45) is 5.92 Å². The first-order valence-electron chi connectivity index (χ1n) is 7.76. The number of piperidine rings is 1. The highest BCUT2D eigenvalue weighted by Crippen LogP contribution is 2.29. The predicted molar refractivity (Wildman–Crippen MR) is 83.4 cm³/mol. The lowest BCUT2D eigenvalue weighted by molar-refractivity contribution is 0.0640. The molecule has 0 radical (unpaired) electrons. The van der Waals surface area contributed by atoms with E-state index >= 15 is 0 Å². The average molecular weight is 294 g/mol. The molecule has 1 saturated heterocycles. The summed E-state index contributed by atoms with van der Waals surface area (Å²) in [6, 6.07) is 7.09. The topological polar surface area (TPSA) is 12.5 Å². The zero-order valence-corrected chi connectivity index (χ0v) is 13.0. The number of halogens is 1. The number of ether oxygens (including phenoxy) is 1. The maximum atomic E-state index is 6.14. The molecule has 1 aliphatic heterocycles. The fourth-order valence-corrected chi connectivity index (χ4v) is 4.01. The quantitative estimate of drug-likeness (QED) is 0.845. The Morgan fingerprint density at radius 3 is 3.05 bits per heavy atom. The van der Waals surface area contributed by atoms with Crippen LogP contribution in [0.25, 0.3) is 0 Å². The van der Waals surface area contributed by atoms with Crippen molar-refractivity contribution in [3.63, 3.8) is 0 Å². The molecule has 2 nitrogen and oxygen atoms in total. The monoisotopic (exact) mass is 293 g/mol. The highest BCUT2D eigenvalue weighted by atomic mass is 35.5. The van der Waals surface area contributed by atoms with E-state index in [4.69, 9.17) is 16.3 Å². The van der Waals surface area contributed by atoms with Crippen LogP contribution in [0, 0.1) is 5.92 Å². The highest BCUT2D eigenvalue weighted by molar-refractivity contribution is 6.30. The van der Waals surface area contributed by atoms with Gasteiger partial charge in [-0.15, -0.1) is 0 Å². The average Bonchev–Trinajstić information content (AvgIpc) is 2.47. The van der Waals surface area contributed by atoms with Crippen LogP contribution >= 0.6 is 11.6 Å². The van der Waals surface area contributed by atoms with Crippen LogP contribution in [0.1, 0.15) is 30.4 Å². The van der Waals surface area contributed by atoms with Crippen LogP contribution in [-0.4, -0.2) is 37.7 Å². The maximum absolute atomic E-state index is 6.14. The second-order valence-corrected chi connectivity index (χ2v) is 6.70. The Morgan fingerprint density at radius 1 is 1.30 bits per heavy atom. The van der Waals surface area contributed by atoms with E-state index in [9.17, 15) is 0 Å². The standard InChI is InChI=1S/C17H24ClNO/c1-20-12-13-3-2-8-19(11-13)17-7-5-14-4-6-16(18)9-15(14)10-17/h4,6,9,13,17H,2-3,5,7-8,10-12H2,1H3. The van der Waals surface area contributed by atoms with Crippen LogP contribution < -0.4 is 0 Å². The van der Waals surface area contributed by atoms with Gasteiger partial charge in [0.15, 0.2) is 0 Å². The molecule has 3 rings (SSSR count). The second-order valence-electron chi connectivity index (χ2n) is 6.27. The molecule has 1 heterocycles. The van der Waals surface area contributed by atoms with Gasteiger partial charge in [-0.2, -0.15) is 0 Å². The summed E-state index contributed by atoms with van der Waals surface area (Å²) in [5.41, 5.74) is 2.96. The Kier molecular flexibility index (Phi) is 4.65. The molecule has 2 atom stereocenters. The maximum Gasteiger partial charge on any atom is 0.0502 e. The van der Waals surface area contributed by atoms with Gasteiger partial charge in [-0.05, 0) is 67.8 Å². The fraction of sp³-hybridized carbons (Fsp3) is 0.647. The van der Waals surface area contributed by atoms with Crippen molar-refractivity contribution in [1.29, 1.82) is 0 Å². The van der Waals surface area contributed by atoms with Crippen LogP contribution in [0.4, 0.5) is 0 Å². The molecule has 1 fully saturated rings. The van der Waals surface area contributed by atoms with E-state index in [0.717, 1.165) is 24.0 Å². The van der Waals surface area contributed by atoms with E-state index in [1.165, 1.54) is 49.9 Å². The van der Waals surface area contributed by atoms with Gasteiger partial charge >= 0.3 is 0 Å². The minimum absolute atomic E-state index is 0.695. The molecule has 0 saturated carbocycles. The van der Waals surface area contributed by atoms with Crippen molar-refractivity contribution in [1.82, 2.24) is 4.90 Å². The van der Waals surface area contributed by atoms with Crippen LogP contribution in [0.15, 0.2) is 18.2 Å². The summed E-state index contributed by atoms with van der Waals surface area (Å²) in [6.45, 7) is 3.36. The fourth-order valence-electron chi connectivity index (χ4n) is 3.82. The molecule has 0 N–H and O–H groups in total. The molecule has 1 aromatic carbocycles. The van der Waals surface area contributed by atoms with Gasteiger partial charge in [-0.3, -0.25) is 4.90 Å². The molecule has 20 heavy (non-hydrogen) atoms. The number of hydrogen-bond donors (Lipinski definition) is 0. The Morgan fingerprint density at radius 2 is 2.20 bits per heavy atom. The third-order valence-electron chi connectivity index (χ3n) is 4.84. The van der Waals surface area contributed by atoms with E-state index in [2.05, 4.69) is 17.0 Å². The number of benzene rings is 1. The first-order valence-corrected chi connectivity index (χ1v) is 8.14. The summed E-state index contributed by atoms with van der Waals surface area (Å²) < 4.78 is 5.34. The Labute approximate surface area is 127 Å². The van der Waals surface area contributed by atoms with Gasteiger partial charge in [0, 0.05) is 24.7 Å². The van der Waals surface area contributed by atoms with E-state index in [0.29, 0.717) is 6.04 Å². The zero-order valence-electron chi connectivity index (χ0n) is 12.3. The summed E-state index contributed by atoms with van der Waals surface area (Å²) in [5.74, 6) is 0.717. The molecule has 2 aliphatic rings. The number of likely N-dealkylation sites (tertiary alicyclic amines) is 1. The second kappa shape index (κ2) is 6.46. The SMILES string of the molecule is COCC1CCCN(C2CCc3ccc(Cl)cc3C2)C1. The van der Waals surface area contributed by atoms with Gasteiger partial charge in [0.2, 0.25) is 0 Å². The van der Waals surface area contributed by atoms with E-state index in [1.807, 2.05) is 13.2 Å². The number of hydrogen-bond acceptors (Lipinski definition) is 2. The molecular weight excluding hydrogens is 270 g/mol. The van der Waals surface area contributed by atoms with Crippen molar-refractivity contribution >= 4 is 11.6 Å². The van der Waals surface area contributed by atoms with Crippen molar-refractivity contribution < 1.29 is 4.74 Å². The zero-order chi connectivity index (χ0) is 13.9. The van der Waals surface area contributed by atoms with Crippen LogP contribution in [0.5, 0.6) is 0 Å². The smallest absolute Gasteiger partial charge is 0.0502 e. The van der Waals surface area contributed by atoms with Crippen molar-refractivity contribution in [2.75, 3.05) is 26.8 Å². The first kappa shape index (κ1) is 14.4. The van der Waals surface area contributed by atoms with Gasteiger partial charge in [0.25, 0.3) is 0 Å². The lowest BCUT2D eigenvalue weighted by atomic mass is 9.86. The first-order chi connectivity index (χ1) is 9.76. The van der Waals surface area contributed by atoms with Gasteiger partial charge in [0.1, 0.15) is 0 Å². The Balaban J connectivity index is 1.67. The number of methoxy groups -OCH3 is 1. The highest BCUT2D eigenvalue weighted by Gasteiger charge is 2.28. The van der Waals surface area contributed by atoms with E-state index < -0.39 is 0 Å². The van der Waals surface area contributed by atoms with Crippen molar-refractivity contribution in [3.05, 3.63) is 34.3 Å². The molecule has 1 aliphatic carbocycles. The summed E-state index contributed by atoms with van der Waals surface area (Å²) in [6.07, 6.45) is 6.28. The number of rotatable bonds is 3. The summed E-state index contributed by atoms with van der Waals surface area (Å²) >= 11 is 6.14.